The molecule has 0 saturated heterocycles. The molecule has 0 atom stereocenters. The maximum Gasteiger partial charge on any atom is 0.145 e. The molecule has 0 aliphatic heterocycles. The smallest absolute Gasteiger partial charge is 0.145 e. The summed E-state index contributed by atoms with van der Waals surface area (Å²) in [5, 5.41) is 0. The van der Waals surface area contributed by atoms with Gasteiger partial charge in [-0.05, 0) is 43.0 Å². The molecule has 0 unspecified atom stereocenters. The number of hydrogen-bond donors (Lipinski definition) is 1. The minimum Gasteiger partial charge on any atom is -0.464 e. The topological polar surface area (TPSA) is 65.4 Å². The van der Waals surface area contributed by atoms with Gasteiger partial charge in [-0.1, -0.05) is 61.2 Å². The summed E-state index contributed by atoms with van der Waals surface area (Å²) in [5.41, 5.74) is 14.5. The van der Waals surface area contributed by atoms with Crippen molar-refractivity contribution in [2.45, 2.75) is 24.8 Å². The van der Waals surface area contributed by atoms with Crippen molar-refractivity contribution in [3.8, 4) is 39.4 Å². The maximum absolute atomic E-state index is 6.57. The first kappa shape index (κ1) is 21.3. The van der Waals surface area contributed by atoms with Crippen LogP contribution in [0, 0.1) is 0 Å². The molecule has 1 aliphatic carbocycles. The molecule has 0 amide bonds. The number of aromatic nitrogens is 3. The average molecular weight is 459 g/mol. The van der Waals surface area contributed by atoms with Crippen LogP contribution in [0.15, 0.2) is 104 Å². The first-order chi connectivity index (χ1) is 17.2. The van der Waals surface area contributed by atoms with E-state index in [-0.39, 0.29) is 5.54 Å². The second kappa shape index (κ2) is 8.53. The highest BCUT2D eigenvalue weighted by molar-refractivity contribution is 5.87. The molecule has 172 valence electrons. The third-order valence-electron chi connectivity index (χ3n) is 6.92. The Hall–Kier alpha value is -4.22. The van der Waals surface area contributed by atoms with Crippen LogP contribution in [0.4, 0.5) is 0 Å². The van der Waals surface area contributed by atoms with E-state index in [0.717, 1.165) is 52.1 Å². The largest absolute Gasteiger partial charge is 0.464 e. The van der Waals surface area contributed by atoms with Crippen molar-refractivity contribution in [3.63, 3.8) is 0 Å². The Balaban J connectivity index is 1.55. The summed E-state index contributed by atoms with van der Waals surface area (Å²) in [6.45, 7) is 3.65. The minimum atomic E-state index is -0.182. The number of hydrogen-bond acceptors (Lipinski definition) is 4. The monoisotopic (exact) mass is 458 g/mol. The molecule has 5 nitrogen and oxygen atoms in total. The number of nitrogens with zero attached hydrogens (tertiary/aromatic N) is 3. The molecule has 3 heterocycles. The fourth-order valence-electron chi connectivity index (χ4n) is 4.90. The molecule has 1 aliphatic rings. The Labute approximate surface area is 204 Å². The molecule has 5 aromatic rings. The lowest BCUT2D eigenvalue weighted by Gasteiger charge is -2.38. The third-order valence-corrected chi connectivity index (χ3v) is 6.92. The zero-order valence-electron chi connectivity index (χ0n) is 19.4. The predicted octanol–water partition coefficient (Wildman–Crippen LogP) is 6.59. The van der Waals surface area contributed by atoms with Crippen LogP contribution in [0.25, 0.3) is 39.3 Å². The molecule has 35 heavy (non-hydrogen) atoms. The van der Waals surface area contributed by atoms with Gasteiger partial charge < -0.3 is 10.5 Å². The third kappa shape index (κ3) is 3.70. The molecule has 6 rings (SSSR count). The molecule has 2 N–H and O–H groups in total. The SMILES string of the molecule is C=COc1cncc(-c2cccn3c(-c4ccccc4)c(-c4ccc(C5(N)CCC5)cc4)nc23)c1. The summed E-state index contributed by atoms with van der Waals surface area (Å²) >= 11 is 0. The first-order valence-electron chi connectivity index (χ1n) is 11.9. The van der Waals surface area contributed by atoms with Gasteiger partial charge in [0.2, 0.25) is 0 Å². The van der Waals surface area contributed by atoms with E-state index in [2.05, 4.69) is 76.8 Å². The van der Waals surface area contributed by atoms with Crippen LogP contribution in [0.2, 0.25) is 0 Å². The summed E-state index contributed by atoms with van der Waals surface area (Å²) in [7, 11) is 0. The van der Waals surface area contributed by atoms with E-state index in [9.17, 15) is 0 Å². The van der Waals surface area contributed by atoms with E-state index in [1.54, 1.807) is 6.20 Å². The average Bonchev–Trinajstić information content (AvgIpc) is 3.28. The van der Waals surface area contributed by atoms with Crippen molar-refractivity contribution in [3.05, 3.63) is 110 Å². The Kier molecular flexibility index (Phi) is 5.20. The molecule has 3 aromatic heterocycles. The summed E-state index contributed by atoms with van der Waals surface area (Å²) < 4.78 is 7.62. The second-order valence-electron chi connectivity index (χ2n) is 9.07. The van der Waals surface area contributed by atoms with Crippen molar-refractivity contribution in [2.75, 3.05) is 0 Å². The fourth-order valence-corrected chi connectivity index (χ4v) is 4.90. The highest BCUT2D eigenvalue weighted by Gasteiger charge is 2.34. The van der Waals surface area contributed by atoms with Crippen LogP contribution in [-0.2, 0) is 5.54 Å². The molecule has 2 aromatic carbocycles. The van der Waals surface area contributed by atoms with Crippen molar-refractivity contribution < 1.29 is 4.74 Å². The Morgan fingerprint density at radius 2 is 1.71 bits per heavy atom. The Morgan fingerprint density at radius 1 is 0.914 bits per heavy atom. The normalized spacial score (nSPS) is 14.4. The lowest BCUT2D eigenvalue weighted by molar-refractivity contribution is 0.253. The van der Waals surface area contributed by atoms with Gasteiger partial charge in [0.15, 0.2) is 0 Å². The molecule has 1 saturated carbocycles. The number of pyridine rings is 2. The molecule has 0 bridgehead atoms. The van der Waals surface area contributed by atoms with Crippen LogP contribution in [0.1, 0.15) is 24.8 Å². The van der Waals surface area contributed by atoms with Gasteiger partial charge >= 0.3 is 0 Å². The van der Waals surface area contributed by atoms with Crippen molar-refractivity contribution in [1.29, 1.82) is 0 Å². The van der Waals surface area contributed by atoms with Gasteiger partial charge in [0.05, 0.1) is 23.8 Å². The van der Waals surface area contributed by atoms with Crippen LogP contribution in [0.5, 0.6) is 5.75 Å². The van der Waals surface area contributed by atoms with E-state index in [1.807, 2.05) is 24.4 Å². The van der Waals surface area contributed by atoms with E-state index < -0.39 is 0 Å². The lowest BCUT2D eigenvalue weighted by atomic mass is 9.72. The van der Waals surface area contributed by atoms with E-state index in [0.29, 0.717) is 5.75 Å². The summed E-state index contributed by atoms with van der Waals surface area (Å²) in [5.74, 6) is 0.636. The fraction of sp³-hybridized carbons (Fsp3) is 0.133. The Morgan fingerprint density at radius 3 is 2.43 bits per heavy atom. The first-order valence-corrected chi connectivity index (χ1v) is 11.9. The quantitative estimate of drug-likeness (QED) is 0.292. The van der Waals surface area contributed by atoms with E-state index in [1.165, 1.54) is 18.2 Å². The molecular weight excluding hydrogens is 432 g/mol. The molecule has 1 fully saturated rings. The van der Waals surface area contributed by atoms with Gasteiger partial charge in [-0.15, -0.1) is 0 Å². The van der Waals surface area contributed by atoms with Crippen LogP contribution < -0.4 is 10.5 Å². The standard InChI is InChI=1S/C30H26N4O/c1-2-35-25-18-23(19-32-20-25)26-10-6-17-34-28(22-8-4-3-5-9-22)27(33-29(26)34)21-11-13-24(14-12-21)30(31)15-7-16-30/h2-6,8-14,17-20H,1,7,15-16,31H2. The number of nitrogens with two attached hydrogens (primary N) is 1. The van der Waals surface area contributed by atoms with Gasteiger partial charge in [0, 0.05) is 40.2 Å². The molecule has 0 radical (unpaired) electrons. The number of benzene rings is 2. The molecule has 0 spiro atoms. The van der Waals surface area contributed by atoms with E-state index >= 15 is 0 Å². The van der Waals surface area contributed by atoms with Gasteiger partial charge in [0.1, 0.15) is 11.4 Å². The van der Waals surface area contributed by atoms with Crippen LogP contribution in [0.3, 0.4) is 0 Å². The van der Waals surface area contributed by atoms with Crippen LogP contribution >= 0.6 is 0 Å². The summed E-state index contributed by atoms with van der Waals surface area (Å²) in [4.78, 5) is 9.54. The second-order valence-corrected chi connectivity index (χ2v) is 9.07. The Bertz CT molecular complexity index is 1520. The number of fused-ring (bicyclic) bond motifs is 1. The van der Waals surface area contributed by atoms with Gasteiger partial charge in [-0.2, -0.15) is 0 Å². The zero-order chi connectivity index (χ0) is 23.8. The highest BCUT2D eigenvalue weighted by Crippen LogP contribution is 2.40. The minimum absolute atomic E-state index is 0.182. The summed E-state index contributed by atoms with van der Waals surface area (Å²) in [6.07, 6.45) is 10.2. The number of ether oxygens (including phenoxy) is 1. The molecular formula is C30H26N4O. The number of rotatable bonds is 6. The van der Waals surface area contributed by atoms with Crippen molar-refractivity contribution in [1.82, 2.24) is 14.4 Å². The van der Waals surface area contributed by atoms with Gasteiger partial charge in [-0.3, -0.25) is 9.38 Å². The highest BCUT2D eigenvalue weighted by atomic mass is 16.5. The van der Waals surface area contributed by atoms with Crippen molar-refractivity contribution >= 4 is 5.65 Å². The summed E-state index contributed by atoms with van der Waals surface area (Å²) in [6, 6.07) is 25.1. The van der Waals surface area contributed by atoms with E-state index in [4.69, 9.17) is 15.5 Å². The van der Waals surface area contributed by atoms with Gasteiger partial charge in [0.25, 0.3) is 0 Å². The van der Waals surface area contributed by atoms with Crippen molar-refractivity contribution in [2.24, 2.45) is 5.73 Å². The molecule has 5 heteroatoms. The maximum atomic E-state index is 6.57. The van der Waals surface area contributed by atoms with Gasteiger partial charge in [-0.25, -0.2) is 4.98 Å². The lowest BCUT2D eigenvalue weighted by Crippen LogP contribution is -2.43. The predicted molar refractivity (Wildman–Crippen MR) is 140 cm³/mol. The number of imidazole rings is 1. The zero-order valence-corrected chi connectivity index (χ0v) is 19.4. The van der Waals surface area contributed by atoms with Crippen LogP contribution in [-0.4, -0.2) is 14.4 Å².